The van der Waals surface area contributed by atoms with E-state index in [1.165, 1.54) is 43.8 Å². The number of pyridine rings is 1. The Bertz CT molecular complexity index is 1630. The predicted octanol–water partition coefficient (Wildman–Crippen LogP) is 3.90. The van der Waals surface area contributed by atoms with Gasteiger partial charge in [0.05, 0.1) is 21.3 Å². The number of benzene rings is 1. The topological polar surface area (TPSA) is 150 Å². The molecule has 208 valence electrons. The Balaban J connectivity index is 1.81. The molecule has 0 bridgehead atoms. The van der Waals surface area contributed by atoms with Gasteiger partial charge in [-0.2, -0.15) is 5.10 Å². The van der Waals surface area contributed by atoms with Crippen LogP contribution < -0.4 is 25.2 Å². The maximum Gasteiger partial charge on any atom is 0.586 e. The fourth-order valence-electron chi connectivity index (χ4n) is 3.75. The number of carbonyl (C=O) groups is 2. The van der Waals surface area contributed by atoms with Crippen molar-refractivity contribution in [1.82, 2.24) is 20.1 Å². The van der Waals surface area contributed by atoms with Gasteiger partial charge in [0.15, 0.2) is 22.5 Å². The summed E-state index contributed by atoms with van der Waals surface area (Å²) >= 11 is 18.5. The SMILES string of the molecule is CC(C)(C=S(C)(N)=O)NC(=O)c1c(NC(=O)c2cc(Cl)nn2-c2ncccc2Cl)c(Cl)cc2c1OC(F)(F)O2. The van der Waals surface area contributed by atoms with Gasteiger partial charge in [0, 0.05) is 39.7 Å². The highest BCUT2D eigenvalue weighted by Crippen LogP contribution is 2.49. The number of carbonyl (C=O) groups excluding carboxylic acids is 2. The van der Waals surface area contributed by atoms with Crippen LogP contribution in [0.2, 0.25) is 15.2 Å². The molecule has 17 heteroatoms. The van der Waals surface area contributed by atoms with Crippen molar-refractivity contribution in [3.05, 3.63) is 56.9 Å². The van der Waals surface area contributed by atoms with Crippen LogP contribution in [-0.2, 0) is 9.71 Å². The molecular weight excluding hydrogens is 605 g/mol. The van der Waals surface area contributed by atoms with E-state index < -0.39 is 56.1 Å². The summed E-state index contributed by atoms with van der Waals surface area (Å²) in [6, 6.07) is 5.20. The number of ether oxygens (including phenoxy) is 2. The number of nitrogens with two attached hydrogens (primary N) is 1. The summed E-state index contributed by atoms with van der Waals surface area (Å²) in [4.78, 5) is 30.9. The largest absolute Gasteiger partial charge is 0.586 e. The fraction of sp³-hybridized carbons (Fsp3) is 0.227. The van der Waals surface area contributed by atoms with Crippen LogP contribution >= 0.6 is 34.8 Å². The summed E-state index contributed by atoms with van der Waals surface area (Å²) in [6.45, 7) is 2.93. The van der Waals surface area contributed by atoms with Crippen molar-refractivity contribution in [1.29, 1.82) is 0 Å². The number of anilines is 1. The number of rotatable bonds is 6. The van der Waals surface area contributed by atoms with Crippen LogP contribution in [0.15, 0.2) is 30.5 Å². The molecule has 4 rings (SSSR count). The van der Waals surface area contributed by atoms with Crippen LogP contribution in [0.3, 0.4) is 0 Å². The van der Waals surface area contributed by atoms with Crippen molar-refractivity contribution in [3.63, 3.8) is 0 Å². The Hall–Kier alpha value is -3.17. The van der Waals surface area contributed by atoms with E-state index in [9.17, 15) is 22.6 Å². The van der Waals surface area contributed by atoms with E-state index in [-0.39, 0.29) is 26.7 Å². The zero-order valence-electron chi connectivity index (χ0n) is 20.2. The molecule has 0 saturated heterocycles. The molecule has 0 radical (unpaired) electrons. The average molecular weight is 624 g/mol. The predicted molar refractivity (Wildman–Crippen MR) is 143 cm³/mol. The van der Waals surface area contributed by atoms with Crippen molar-refractivity contribution < 1.29 is 32.1 Å². The molecule has 1 aromatic carbocycles. The zero-order chi connectivity index (χ0) is 28.9. The van der Waals surface area contributed by atoms with Gasteiger partial charge in [0.2, 0.25) is 0 Å². The second-order valence-corrected chi connectivity index (χ2v) is 12.3. The maximum absolute atomic E-state index is 14.0. The van der Waals surface area contributed by atoms with Gasteiger partial charge in [-0.15, -0.1) is 8.78 Å². The molecule has 39 heavy (non-hydrogen) atoms. The van der Waals surface area contributed by atoms with E-state index in [0.29, 0.717) is 0 Å². The Kier molecular flexibility index (Phi) is 7.46. The summed E-state index contributed by atoms with van der Waals surface area (Å²) in [5.41, 5.74) is -2.50. The minimum Gasteiger partial charge on any atom is -0.395 e. The number of hydrogen-bond acceptors (Lipinski definition) is 7. The minimum absolute atomic E-state index is 0.0628. The van der Waals surface area contributed by atoms with Crippen LogP contribution in [0.25, 0.3) is 5.82 Å². The van der Waals surface area contributed by atoms with Gasteiger partial charge >= 0.3 is 6.29 Å². The third-order valence-corrected chi connectivity index (χ3v) is 6.76. The molecule has 1 aliphatic heterocycles. The lowest BCUT2D eigenvalue weighted by molar-refractivity contribution is -0.286. The van der Waals surface area contributed by atoms with Crippen molar-refractivity contribution in [2.45, 2.75) is 25.7 Å². The first kappa shape index (κ1) is 28.8. The summed E-state index contributed by atoms with van der Waals surface area (Å²) in [6.07, 6.45) is -1.48. The standard InChI is InChI=1S/C22H19Cl3F2N6O5S/c1-21(2,9-39(3,28)36)31-20(35)15-16(11(24)7-13-17(15)38-22(26,27)37-13)30-19(34)12-8-14(25)32-33(12)18-10(23)5-4-6-29-18/h4-9H,1-3H3,(H2,28,36)(H,30,34)(H,31,35). The highest BCUT2D eigenvalue weighted by molar-refractivity contribution is 7.98. The molecule has 0 aliphatic carbocycles. The highest BCUT2D eigenvalue weighted by atomic mass is 35.5. The number of hydrogen-bond donors (Lipinski definition) is 3. The number of fused-ring (bicyclic) bond motifs is 1. The normalized spacial score (nSPS) is 15.4. The van der Waals surface area contributed by atoms with Crippen LogP contribution in [0.5, 0.6) is 11.5 Å². The number of amides is 2. The smallest absolute Gasteiger partial charge is 0.395 e. The molecule has 1 aliphatic rings. The van der Waals surface area contributed by atoms with Crippen molar-refractivity contribution >= 4 is 67.4 Å². The Morgan fingerprint density at radius 3 is 2.51 bits per heavy atom. The number of aromatic nitrogens is 3. The van der Waals surface area contributed by atoms with Crippen molar-refractivity contribution in [2.24, 2.45) is 5.14 Å². The quantitative estimate of drug-likeness (QED) is 0.353. The lowest BCUT2D eigenvalue weighted by Gasteiger charge is -2.24. The van der Waals surface area contributed by atoms with Gasteiger partial charge in [-0.05, 0) is 26.0 Å². The van der Waals surface area contributed by atoms with Gasteiger partial charge in [0.25, 0.3) is 11.8 Å². The molecule has 2 amide bonds. The lowest BCUT2D eigenvalue weighted by Crippen LogP contribution is -2.47. The molecule has 0 spiro atoms. The number of alkyl halides is 2. The van der Waals surface area contributed by atoms with Gasteiger partial charge in [-0.1, -0.05) is 34.8 Å². The van der Waals surface area contributed by atoms with Crippen LogP contribution in [0.4, 0.5) is 14.5 Å². The molecule has 1 atom stereocenters. The molecule has 4 N–H and O–H groups in total. The third-order valence-electron chi connectivity index (χ3n) is 4.93. The van der Waals surface area contributed by atoms with Gasteiger partial charge in [-0.3, -0.25) is 18.9 Å². The van der Waals surface area contributed by atoms with Crippen molar-refractivity contribution in [2.75, 3.05) is 11.6 Å². The first-order chi connectivity index (χ1) is 18.0. The number of nitrogens with one attached hydrogen (secondary N) is 2. The monoisotopic (exact) mass is 622 g/mol. The van der Waals surface area contributed by atoms with Gasteiger partial charge < -0.3 is 20.1 Å². The Morgan fingerprint density at radius 2 is 1.87 bits per heavy atom. The first-order valence-electron chi connectivity index (χ1n) is 10.7. The average Bonchev–Trinajstić information content (AvgIpc) is 3.30. The van der Waals surface area contributed by atoms with Crippen LogP contribution in [0, 0.1) is 0 Å². The molecule has 0 saturated carbocycles. The highest BCUT2D eigenvalue weighted by Gasteiger charge is 2.47. The molecule has 11 nitrogen and oxygen atoms in total. The molecule has 1 unspecified atom stereocenters. The van der Waals surface area contributed by atoms with E-state index in [2.05, 4.69) is 30.2 Å². The molecule has 2 aromatic heterocycles. The van der Waals surface area contributed by atoms with Crippen LogP contribution in [0.1, 0.15) is 34.7 Å². The first-order valence-corrected chi connectivity index (χ1v) is 13.9. The maximum atomic E-state index is 14.0. The van der Waals surface area contributed by atoms with E-state index in [0.717, 1.165) is 10.7 Å². The van der Waals surface area contributed by atoms with Gasteiger partial charge in [-0.25, -0.2) is 9.67 Å². The van der Waals surface area contributed by atoms with E-state index in [1.54, 1.807) is 6.07 Å². The second-order valence-electron chi connectivity index (χ2n) is 8.89. The number of halogens is 5. The second kappa shape index (κ2) is 10.1. The summed E-state index contributed by atoms with van der Waals surface area (Å²) in [5.74, 6) is -3.14. The van der Waals surface area contributed by atoms with Crippen LogP contribution in [-0.4, -0.2) is 54.2 Å². The summed E-state index contributed by atoms with van der Waals surface area (Å²) in [7, 11) is -2.95. The van der Waals surface area contributed by atoms with E-state index in [1.807, 2.05) is 0 Å². The fourth-order valence-corrected chi connectivity index (χ4v) is 5.60. The lowest BCUT2D eigenvalue weighted by atomic mass is 10.1. The third kappa shape index (κ3) is 6.36. The Labute approximate surface area is 235 Å². The summed E-state index contributed by atoms with van der Waals surface area (Å²) < 4.78 is 50.2. The minimum atomic E-state index is -4.12. The zero-order valence-corrected chi connectivity index (χ0v) is 23.3. The molecule has 0 fully saturated rings. The van der Waals surface area contributed by atoms with Crippen molar-refractivity contribution in [3.8, 4) is 17.3 Å². The van der Waals surface area contributed by atoms with Gasteiger partial charge in [0.1, 0.15) is 11.3 Å². The van der Waals surface area contributed by atoms with E-state index in [4.69, 9.17) is 39.9 Å². The Morgan fingerprint density at radius 1 is 1.18 bits per heavy atom. The van der Waals surface area contributed by atoms with E-state index >= 15 is 0 Å². The molecular formula is C22H19Cl3F2N6O5S. The molecule has 3 heterocycles. The number of nitrogens with zero attached hydrogens (tertiary/aromatic N) is 3. The molecule has 3 aromatic rings. The summed E-state index contributed by atoms with van der Waals surface area (Å²) in [5, 5.41) is 15.4.